The average Bonchev–Trinajstić information content (AvgIpc) is 2.52. The number of allylic oxidation sites excluding steroid dienone is 2. The first-order valence-electron chi connectivity index (χ1n) is 5.07. The number of fused-ring (bicyclic) bond motifs is 1. The van der Waals surface area contributed by atoms with E-state index in [1.54, 1.807) is 0 Å². The number of imide groups is 1. The minimum Gasteiger partial charge on any atom is -0.480 e. The third-order valence-corrected chi connectivity index (χ3v) is 2.84. The zero-order valence-corrected chi connectivity index (χ0v) is 9.32. The van der Waals surface area contributed by atoms with Crippen molar-refractivity contribution in [1.29, 1.82) is 0 Å². The number of nitrogens with zero attached hydrogens (tertiary/aromatic N) is 1. The number of hydrogen-bond donors (Lipinski definition) is 1. The number of amides is 2. The molecule has 2 unspecified atom stereocenters. The summed E-state index contributed by atoms with van der Waals surface area (Å²) in [6.45, 7) is 1.02. The third kappa shape index (κ3) is 1.37. The number of rotatable bonds is 2. The zero-order chi connectivity index (χ0) is 13.5. The molecule has 94 valence electrons. The van der Waals surface area contributed by atoms with Crippen molar-refractivity contribution in [1.82, 2.24) is 5.06 Å². The van der Waals surface area contributed by atoms with Gasteiger partial charge in [0.1, 0.15) is 0 Å². The Morgan fingerprint density at radius 3 is 2.56 bits per heavy atom. The summed E-state index contributed by atoms with van der Waals surface area (Å²) in [6, 6.07) is 0. The van der Waals surface area contributed by atoms with Crippen molar-refractivity contribution in [2.75, 3.05) is 0 Å². The Kier molecular flexibility index (Phi) is 2.54. The van der Waals surface area contributed by atoms with Gasteiger partial charge in [0, 0.05) is 6.92 Å². The summed E-state index contributed by atoms with van der Waals surface area (Å²) in [4.78, 5) is 50.5. The van der Waals surface area contributed by atoms with Crippen LogP contribution in [-0.2, 0) is 24.0 Å². The minimum absolute atomic E-state index is 0.223. The number of aliphatic carboxylic acids is 1. The SMILES string of the molecule is CC(=O)ON1C(=O)C2C=CC=CC2(C(=O)O)C1=O. The van der Waals surface area contributed by atoms with E-state index in [-0.39, 0.29) is 5.06 Å². The summed E-state index contributed by atoms with van der Waals surface area (Å²) in [5.41, 5.74) is -2.01. The van der Waals surface area contributed by atoms with Gasteiger partial charge in [-0.3, -0.25) is 14.4 Å². The highest BCUT2D eigenvalue weighted by atomic mass is 16.7. The van der Waals surface area contributed by atoms with Gasteiger partial charge in [-0.1, -0.05) is 24.3 Å². The van der Waals surface area contributed by atoms with Crippen LogP contribution in [0.1, 0.15) is 6.92 Å². The second-order valence-corrected chi connectivity index (χ2v) is 3.92. The Morgan fingerprint density at radius 1 is 1.39 bits per heavy atom. The van der Waals surface area contributed by atoms with E-state index in [0.717, 1.165) is 13.0 Å². The first-order valence-corrected chi connectivity index (χ1v) is 5.07. The molecule has 0 bridgehead atoms. The van der Waals surface area contributed by atoms with Crippen molar-refractivity contribution >= 4 is 23.8 Å². The molecule has 0 aromatic heterocycles. The van der Waals surface area contributed by atoms with E-state index in [1.165, 1.54) is 18.2 Å². The van der Waals surface area contributed by atoms with E-state index in [2.05, 4.69) is 4.84 Å². The molecule has 7 nitrogen and oxygen atoms in total. The molecule has 1 aliphatic heterocycles. The molecule has 1 N–H and O–H groups in total. The van der Waals surface area contributed by atoms with Gasteiger partial charge in [0.05, 0.1) is 5.92 Å². The molecule has 18 heavy (non-hydrogen) atoms. The van der Waals surface area contributed by atoms with Crippen LogP contribution in [-0.4, -0.2) is 33.9 Å². The van der Waals surface area contributed by atoms with Crippen molar-refractivity contribution in [3.8, 4) is 0 Å². The molecule has 2 atom stereocenters. The van der Waals surface area contributed by atoms with Crippen LogP contribution in [0.25, 0.3) is 0 Å². The molecule has 0 saturated carbocycles. The van der Waals surface area contributed by atoms with Crippen LogP contribution in [0.4, 0.5) is 0 Å². The van der Waals surface area contributed by atoms with Gasteiger partial charge in [-0.15, -0.1) is 5.06 Å². The standard InChI is InChI=1S/C11H9NO6/c1-6(13)18-12-8(14)7-4-2-3-5-11(7,9(12)15)10(16)17/h2-5,7H,1H3,(H,16,17). The molecule has 0 spiro atoms. The van der Waals surface area contributed by atoms with Gasteiger partial charge in [0.25, 0.3) is 11.8 Å². The molecule has 1 saturated heterocycles. The number of carbonyl (C=O) groups excluding carboxylic acids is 3. The van der Waals surface area contributed by atoms with Gasteiger partial charge in [-0.2, -0.15) is 0 Å². The summed E-state index contributed by atoms with van der Waals surface area (Å²) in [5.74, 6) is -5.45. The second kappa shape index (κ2) is 3.80. The summed E-state index contributed by atoms with van der Waals surface area (Å²) < 4.78 is 0. The van der Waals surface area contributed by atoms with Crippen LogP contribution in [0.3, 0.4) is 0 Å². The van der Waals surface area contributed by atoms with Gasteiger partial charge in [0.2, 0.25) is 0 Å². The van der Waals surface area contributed by atoms with E-state index in [1.807, 2.05) is 0 Å². The Morgan fingerprint density at radius 2 is 2.06 bits per heavy atom. The summed E-state index contributed by atoms with van der Waals surface area (Å²) in [7, 11) is 0. The van der Waals surface area contributed by atoms with E-state index in [0.29, 0.717) is 0 Å². The molecule has 1 fully saturated rings. The van der Waals surface area contributed by atoms with Gasteiger partial charge in [0.15, 0.2) is 5.41 Å². The smallest absolute Gasteiger partial charge is 0.330 e. The van der Waals surface area contributed by atoms with Crippen molar-refractivity contribution < 1.29 is 29.1 Å². The first kappa shape index (κ1) is 12.0. The maximum Gasteiger partial charge on any atom is 0.330 e. The Balaban J connectivity index is 2.50. The Labute approximate surface area is 101 Å². The lowest BCUT2D eigenvalue weighted by Gasteiger charge is -2.22. The molecule has 2 aliphatic rings. The van der Waals surface area contributed by atoms with Crippen molar-refractivity contribution in [3.05, 3.63) is 24.3 Å². The largest absolute Gasteiger partial charge is 0.480 e. The van der Waals surface area contributed by atoms with Gasteiger partial charge < -0.3 is 9.94 Å². The summed E-state index contributed by atoms with van der Waals surface area (Å²) in [5, 5.41) is 9.44. The van der Waals surface area contributed by atoms with Crippen LogP contribution in [0.5, 0.6) is 0 Å². The molecule has 0 radical (unpaired) electrons. The zero-order valence-electron chi connectivity index (χ0n) is 9.32. The highest BCUT2D eigenvalue weighted by Crippen LogP contribution is 2.43. The number of carbonyl (C=O) groups is 4. The lowest BCUT2D eigenvalue weighted by Crippen LogP contribution is -2.42. The molecule has 2 amide bonds. The second-order valence-electron chi connectivity index (χ2n) is 3.92. The Hall–Kier alpha value is -2.44. The van der Waals surface area contributed by atoms with E-state index in [9.17, 15) is 24.3 Å². The molecule has 0 aromatic carbocycles. The van der Waals surface area contributed by atoms with Crippen LogP contribution in [0.15, 0.2) is 24.3 Å². The predicted octanol–water partition coefficient (Wildman–Crippen LogP) is -0.354. The minimum atomic E-state index is -2.01. The molecular formula is C11H9NO6. The van der Waals surface area contributed by atoms with E-state index < -0.39 is 35.1 Å². The molecule has 1 aliphatic carbocycles. The summed E-state index contributed by atoms with van der Waals surface area (Å²) in [6.07, 6.45) is 5.27. The fourth-order valence-corrected chi connectivity index (χ4v) is 2.02. The van der Waals surface area contributed by atoms with Crippen LogP contribution < -0.4 is 0 Å². The quantitative estimate of drug-likeness (QED) is 0.531. The lowest BCUT2D eigenvalue weighted by atomic mass is 9.74. The van der Waals surface area contributed by atoms with E-state index >= 15 is 0 Å². The molecule has 1 heterocycles. The number of hydroxylamine groups is 2. The fraction of sp³-hybridized carbons (Fsp3) is 0.273. The van der Waals surface area contributed by atoms with Gasteiger partial charge in [-0.25, -0.2) is 4.79 Å². The number of carboxylic acids is 1. The third-order valence-electron chi connectivity index (χ3n) is 2.84. The predicted molar refractivity (Wildman–Crippen MR) is 55.5 cm³/mol. The first-order chi connectivity index (χ1) is 8.41. The van der Waals surface area contributed by atoms with E-state index in [4.69, 9.17) is 0 Å². The number of hydrogen-bond acceptors (Lipinski definition) is 5. The van der Waals surface area contributed by atoms with Crippen molar-refractivity contribution in [2.24, 2.45) is 11.3 Å². The maximum atomic E-state index is 12.0. The van der Waals surface area contributed by atoms with Crippen molar-refractivity contribution in [2.45, 2.75) is 6.92 Å². The molecule has 2 rings (SSSR count). The average molecular weight is 251 g/mol. The normalized spacial score (nSPS) is 29.4. The van der Waals surface area contributed by atoms with Gasteiger partial charge >= 0.3 is 11.9 Å². The van der Waals surface area contributed by atoms with Crippen LogP contribution in [0, 0.1) is 11.3 Å². The number of carboxylic acid groups (broad SMARTS) is 1. The highest BCUT2D eigenvalue weighted by molar-refractivity contribution is 6.19. The van der Waals surface area contributed by atoms with Crippen molar-refractivity contribution in [3.63, 3.8) is 0 Å². The molecular weight excluding hydrogens is 242 g/mol. The van der Waals surface area contributed by atoms with Crippen LogP contribution >= 0.6 is 0 Å². The van der Waals surface area contributed by atoms with Crippen LogP contribution in [0.2, 0.25) is 0 Å². The highest BCUT2D eigenvalue weighted by Gasteiger charge is 2.64. The van der Waals surface area contributed by atoms with Gasteiger partial charge in [-0.05, 0) is 0 Å². The topological polar surface area (TPSA) is 101 Å². The Bertz CT molecular complexity index is 520. The lowest BCUT2D eigenvalue weighted by molar-refractivity contribution is -0.197. The monoisotopic (exact) mass is 251 g/mol. The maximum absolute atomic E-state index is 12.0. The summed E-state index contributed by atoms with van der Waals surface area (Å²) >= 11 is 0. The molecule has 7 heteroatoms. The molecule has 0 aromatic rings. The fourth-order valence-electron chi connectivity index (χ4n) is 2.02.